The number of primary amides is 1. The smallest absolute Gasteiger partial charge is 0.227 e. The van der Waals surface area contributed by atoms with E-state index in [1.54, 1.807) is 24.3 Å². The summed E-state index contributed by atoms with van der Waals surface area (Å²) in [7, 11) is 1.76. The van der Waals surface area contributed by atoms with Crippen LogP contribution in [-0.2, 0) is 19.2 Å². The summed E-state index contributed by atoms with van der Waals surface area (Å²) in [4.78, 5) is 54.4. The fourth-order valence-corrected chi connectivity index (χ4v) is 6.67. The van der Waals surface area contributed by atoms with Crippen LogP contribution in [-0.4, -0.2) is 65.0 Å². The summed E-state index contributed by atoms with van der Waals surface area (Å²) < 4.78 is 0. The maximum absolute atomic E-state index is 12.6. The second-order valence-corrected chi connectivity index (χ2v) is 12.6. The SMILES string of the molecule is CC(C)C(=O)C1CCCCC1.CN1CC(C(=O)N2CCC3(CCC(C(N)=O)CC3)CC2)CC1=O.c1ccncc1. The highest BCUT2D eigenvalue weighted by atomic mass is 16.2. The van der Waals surface area contributed by atoms with Gasteiger partial charge in [0, 0.05) is 63.3 Å². The van der Waals surface area contributed by atoms with Gasteiger partial charge in [0.2, 0.25) is 17.7 Å². The van der Waals surface area contributed by atoms with Crippen LogP contribution in [0.5, 0.6) is 0 Å². The van der Waals surface area contributed by atoms with Gasteiger partial charge in [-0.3, -0.25) is 24.2 Å². The number of hydrogen-bond donors (Lipinski definition) is 1. The van der Waals surface area contributed by atoms with Gasteiger partial charge in [-0.2, -0.15) is 0 Å². The van der Waals surface area contributed by atoms with E-state index >= 15 is 0 Å². The van der Waals surface area contributed by atoms with Crippen LogP contribution in [0, 0.1) is 29.1 Å². The number of ketones is 1. The molecule has 1 aromatic rings. The van der Waals surface area contributed by atoms with Crippen molar-refractivity contribution in [2.24, 2.45) is 34.8 Å². The standard InChI is InChI=1S/C17H27N3O3.C10H18O.C5H5N/c1-19-11-13(10-14(19)21)16(23)20-8-6-17(7-9-20)4-2-12(3-5-17)15(18)22;1-8(2)10(11)9-6-4-3-5-7-9;1-2-4-6-5-3-1/h12-13H,2-11H2,1H3,(H2,18,22);8-9H,3-7H2,1-2H3;1-5H. The molecule has 1 atom stereocenters. The molecule has 2 aliphatic carbocycles. The number of rotatable bonds is 4. The Bertz CT molecular complexity index is 932. The van der Waals surface area contributed by atoms with E-state index in [0.717, 1.165) is 64.5 Å². The molecule has 2 saturated carbocycles. The Hall–Kier alpha value is -2.77. The molecule has 8 heteroatoms. The van der Waals surface area contributed by atoms with Gasteiger partial charge in [0.25, 0.3) is 0 Å². The van der Waals surface area contributed by atoms with Crippen LogP contribution in [0.4, 0.5) is 0 Å². The van der Waals surface area contributed by atoms with E-state index in [9.17, 15) is 19.2 Å². The number of carbonyl (C=O) groups excluding carboxylic acids is 4. The Kier molecular flexibility index (Phi) is 12.1. The minimum atomic E-state index is -0.164. The van der Waals surface area contributed by atoms with Crippen molar-refractivity contribution in [3.8, 4) is 0 Å². The average molecular weight is 555 g/mol. The Morgan fingerprint density at radius 1 is 0.875 bits per heavy atom. The first-order valence-corrected chi connectivity index (χ1v) is 15.3. The molecule has 2 saturated heterocycles. The fourth-order valence-electron chi connectivity index (χ4n) is 6.67. The van der Waals surface area contributed by atoms with Crippen molar-refractivity contribution in [3.63, 3.8) is 0 Å². The molecule has 222 valence electrons. The predicted molar refractivity (Wildman–Crippen MR) is 156 cm³/mol. The van der Waals surface area contributed by atoms with Crippen molar-refractivity contribution in [2.75, 3.05) is 26.7 Å². The molecule has 0 radical (unpaired) electrons. The van der Waals surface area contributed by atoms with Gasteiger partial charge in [-0.15, -0.1) is 0 Å². The Labute approximate surface area is 240 Å². The number of carbonyl (C=O) groups is 4. The summed E-state index contributed by atoms with van der Waals surface area (Å²) in [6.45, 7) is 6.15. The molecule has 40 heavy (non-hydrogen) atoms. The summed E-state index contributed by atoms with van der Waals surface area (Å²) in [6, 6.07) is 5.72. The van der Waals surface area contributed by atoms with Crippen molar-refractivity contribution in [1.29, 1.82) is 0 Å². The molecule has 4 fully saturated rings. The average Bonchev–Trinajstić information content (AvgIpc) is 3.32. The first kappa shape index (κ1) is 31.8. The van der Waals surface area contributed by atoms with Gasteiger partial charge in [-0.05, 0) is 68.9 Å². The van der Waals surface area contributed by atoms with Gasteiger partial charge in [0.05, 0.1) is 5.92 Å². The van der Waals surface area contributed by atoms with Gasteiger partial charge in [-0.25, -0.2) is 0 Å². The minimum Gasteiger partial charge on any atom is -0.369 e. The molecule has 5 rings (SSSR count). The number of hydrogen-bond acceptors (Lipinski definition) is 5. The van der Waals surface area contributed by atoms with Crippen LogP contribution < -0.4 is 5.73 Å². The molecular formula is C32H50N4O4. The molecule has 1 aromatic heterocycles. The molecular weight excluding hydrogens is 504 g/mol. The number of nitrogens with two attached hydrogens (primary N) is 1. The molecule has 3 heterocycles. The zero-order valence-corrected chi connectivity index (χ0v) is 24.9. The van der Waals surface area contributed by atoms with E-state index in [0.29, 0.717) is 30.1 Å². The lowest BCUT2D eigenvalue weighted by molar-refractivity contribution is -0.138. The summed E-state index contributed by atoms with van der Waals surface area (Å²) >= 11 is 0. The third-order valence-corrected chi connectivity index (χ3v) is 9.42. The summed E-state index contributed by atoms with van der Waals surface area (Å²) in [5.41, 5.74) is 5.71. The molecule has 2 N–H and O–H groups in total. The zero-order valence-electron chi connectivity index (χ0n) is 24.9. The van der Waals surface area contributed by atoms with E-state index in [1.807, 2.05) is 36.9 Å². The van der Waals surface area contributed by atoms with E-state index in [1.165, 1.54) is 19.3 Å². The number of amides is 3. The number of likely N-dealkylation sites (tertiary alicyclic amines) is 2. The molecule has 4 aliphatic rings. The van der Waals surface area contributed by atoms with Crippen LogP contribution in [0.15, 0.2) is 30.6 Å². The van der Waals surface area contributed by atoms with Crippen LogP contribution in [0.25, 0.3) is 0 Å². The van der Waals surface area contributed by atoms with Crippen molar-refractivity contribution < 1.29 is 19.2 Å². The fraction of sp³-hybridized carbons (Fsp3) is 0.719. The predicted octanol–water partition coefficient (Wildman–Crippen LogP) is 4.62. The number of nitrogens with zero attached hydrogens (tertiary/aromatic N) is 3. The van der Waals surface area contributed by atoms with Crippen LogP contribution in [0.2, 0.25) is 0 Å². The Morgan fingerprint density at radius 2 is 1.48 bits per heavy atom. The van der Waals surface area contributed by atoms with Gasteiger partial charge < -0.3 is 15.5 Å². The number of aromatic nitrogens is 1. The molecule has 1 spiro atoms. The molecule has 3 amide bonds. The van der Waals surface area contributed by atoms with Gasteiger partial charge >= 0.3 is 0 Å². The lowest BCUT2D eigenvalue weighted by atomic mass is 9.65. The van der Waals surface area contributed by atoms with Crippen LogP contribution in [0.1, 0.15) is 90.9 Å². The molecule has 0 aromatic carbocycles. The second-order valence-electron chi connectivity index (χ2n) is 12.6. The van der Waals surface area contributed by atoms with Gasteiger partial charge in [0.15, 0.2) is 0 Å². The summed E-state index contributed by atoms with van der Waals surface area (Å²) in [5, 5.41) is 0. The maximum Gasteiger partial charge on any atom is 0.227 e. The second kappa shape index (κ2) is 15.3. The van der Waals surface area contributed by atoms with Gasteiger partial charge in [-0.1, -0.05) is 39.2 Å². The lowest BCUT2D eigenvalue weighted by Gasteiger charge is -2.46. The maximum atomic E-state index is 12.6. The monoisotopic (exact) mass is 554 g/mol. The van der Waals surface area contributed by atoms with Crippen LogP contribution >= 0.6 is 0 Å². The lowest BCUT2D eigenvalue weighted by Crippen LogP contribution is -2.47. The summed E-state index contributed by atoms with van der Waals surface area (Å²) in [5.74, 6) is 1.08. The van der Waals surface area contributed by atoms with Crippen molar-refractivity contribution in [1.82, 2.24) is 14.8 Å². The molecule has 2 aliphatic heterocycles. The quantitative estimate of drug-likeness (QED) is 0.583. The van der Waals surface area contributed by atoms with E-state index in [4.69, 9.17) is 5.73 Å². The third-order valence-electron chi connectivity index (χ3n) is 9.42. The highest BCUT2D eigenvalue weighted by molar-refractivity contribution is 5.89. The molecule has 8 nitrogen and oxygen atoms in total. The van der Waals surface area contributed by atoms with E-state index in [2.05, 4.69) is 4.98 Å². The van der Waals surface area contributed by atoms with Crippen molar-refractivity contribution in [2.45, 2.75) is 90.9 Å². The number of Topliss-reactive ketones (excluding diaryl/α,β-unsaturated/α-hetero) is 1. The zero-order chi connectivity index (χ0) is 29.1. The van der Waals surface area contributed by atoms with Gasteiger partial charge in [0.1, 0.15) is 5.78 Å². The third kappa shape index (κ3) is 9.13. The first-order valence-electron chi connectivity index (χ1n) is 15.3. The van der Waals surface area contributed by atoms with Crippen LogP contribution in [0.3, 0.4) is 0 Å². The first-order chi connectivity index (χ1) is 19.1. The molecule has 1 unspecified atom stereocenters. The summed E-state index contributed by atoms with van der Waals surface area (Å²) in [6.07, 6.45) is 15.9. The van der Waals surface area contributed by atoms with Crippen molar-refractivity contribution in [3.05, 3.63) is 30.6 Å². The number of piperidine rings is 1. The number of pyridine rings is 1. The Balaban J connectivity index is 0.000000213. The van der Waals surface area contributed by atoms with E-state index in [-0.39, 0.29) is 35.5 Å². The Morgan fingerprint density at radius 3 is 1.90 bits per heavy atom. The molecule has 0 bridgehead atoms. The highest BCUT2D eigenvalue weighted by Crippen LogP contribution is 2.46. The topological polar surface area (TPSA) is 114 Å². The van der Waals surface area contributed by atoms with E-state index < -0.39 is 0 Å². The highest BCUT2D eigenvalue weighted by Gasteiger charge is 2.42. The van der Waals surface area contributed by atoms with Crippen molar-refractivity contribution >= 4 is 23.5 Å². The largest absolute Gasteiger partial charge is 0.369 e. The minimum absolute atomic E-state index is 0.0420. The normalized spacial score (nSPS) is 23.2.